The molecule has 0 amide bonds. The van der Waals surface area contributed by atoms with Crippen molar-refractivity contribution >= 4 is 17.7 Å². The van der Waals surface area contributed by atoms with Crippen molar-refractivity contribution in [2.75, 3.05) is 19.0 Å². The average Bonchev–Trinajstić information content (AvgIpc) is 3.01. The van der Waals surface area contributed by atoms with E-state index in [9.17, 15) is 9.90 Å². The molecular weight excluding hydrogens is 568 g/mol. The first-order valence-corrected chi connectivity index (χ1v) is 19.8. The van der Waals surface area contributed by atoms with Gasteiger partial charge in [0.25, 0.3) is 0 Å². The lowest BCUT2D eigenvalue weighted by molar-refractivity contribution is -0.153. The molecule has 2 saturated carbocycles. The average molecular weight is 637 g/mol. The van der Waals surface area contributed by atoms with Crippen LogP contribution in [0.1, 0.15) is 163 Å². The van der Waals surface area contributed by atoms with Gasteiger partial charge >= 0.3 is 5.97 Å². The monoisotopic (exact) mass is 636 g/mol. The van der Waals surface area contributed by atoms with Crippen molar-refractivity contribution in [1.29, 1.82) is 0 Å². The highest BCUT2D eigenvalue weighted by Gasteiger charge is 2.39. The molecule has 0 radical (unpaired) electrons. The highest BCUT2D eigenvalue weighted by Crippen LogP contribution is 2.44. The number of hydrogen-bond acceptors (Lipinski definition) is 6. The molecule has 6 heteroatoms. The highest BCUT2D eigenvalue weighted by molar-refractivity contribution is 7.99. The van der Waals surface area contributed by atoms with Crippen LogP contribution in [0.3, 0.4) is 0 Å². The van der Waals surface area contributed by atoms with E-state index < -0.39 is 5.97 Å². The van der Waals surface area contributed by atoms with Gasteiger partial charge in [-0.2, -0.15) is 11.8 Å². The largest absolute Gasteiger partial charge is 0.512 e. The van der Waals surface area contributed by atoms with Gasteiger partial charge in [0.15, 0.2) is 0 Å². The van der Waals surface area contributed by atoms with Crippen LogP contribution in [0.25, 0.3) is 0 Å². The Morgan fingerprint density at radius 3 is 2.14 bits per heavy atom. The third-order valence-corrected chi connectivity index (χ3v) is 12.4. The lowest BCUT2D eigenvalue weighted by atomic mass is 9.69. The number of carbonyl (C=O) groups excluding carboxylic acids is 1. The molecule has 3 rings (SSSR count). The summed E-state index contributed by atoms with van der Waals surface area (Å²) >= 11 is 2.20. The van der Waals surface area contributed by atoms with Gasteiger partial charge in [-0.3, -0.25) is 0 Å². The second-order valence-corrected chi connectivity index (χ2v) is 16.1. The Balaban J connectivity index is 1.26. The number of carbonyl (C=O) groups is 1. The summed E-state index contributed by atoms with van der Waals surface area (Å²) < 4.78 is 18.1. The number of aliphatic hydroxyl groups is 1. The number of aliphatic hydroxyl groups excluding tert-OH is 1. The predicted octanol–water partition coefficient (Wildman–Crippen LogP) is 10.7. The van der Waals surface area contributed by atoms with E-state index in [1.807, 2.05) is 0 Å². The number of fused-ring (bicyclic) bond motifs is 1. The van der Waals surface area contributed by atoms with Gasteiger partial charge in [0.2, 0.25) is 0 Å². The predicted molar refractivity (Wildman–Crippen MR) is 185 cm³/mol. The fraction of sp³-hybridized carbons (Fsp3) is 0.921. The van der Waals surface area contributed by atoms with Crippen LogP contribution in [0.4, 0.5) is 0 Å². The Kier molecular flexibility index (Phi) is 18.2. The zero-order chi connectivity index (χ0) is 31.6. The number of unbranched alkanes of at least 4 members (excludes halogenated alkanes) is 12. The standard InChI is InChI=1S/C38H68O5S/c1-5-7-8-9-10-11-12-13-14-18-25-42-35-22-20-30(38(3,4)6-2)27-36(35)44-26-19-16-15-17-24-41-31-21-23-34-32(28-31)33(39)29-37(40)43-34/h29-32,34-36,39H,5-28H2,1-4H3. The Hall–Kier alpha value is -0.720. The highest BCUT2D eigenvalue weighted by atomic mass is 32.2. The van der Waals surface area contributed by atoms with E-state index in [-0.39, 0.29) is 23.9 Å². The van der Waals surface area contributed by atoms with E-state index in [1.54, 1.807) is 0 Å². The molecule has 0 spiro atoms. The van der Waals surface area contributed by atoms with E-state index in [4.69, 9.17) is 14.2 Å². The summed E-state index contributed by atoms with van der Waals surface area (Å²) in [5, 5.41) is 10.8. The molecule has 1 heterocycles. The zero-order valence-electron chi connectivity index (χ0n) is 29.0. The molecule has 0 saturated heterocycles. The molecule has 0 aromatic carbocycles. The number of ether oxygens (including phenoxy) is 3. The lowest BCUT2D eigenvalue weighted by Gasteiger charge is -2.42. The summed E-state index contributed by atoms with van der Waals surface area (Å²) in [7, 11) is 0. The van der Waals surface area contributed by atoms with Crippen molar-refractivity contribution in [3.63, 3.8) is 0 Å². The van der Waals surface area contributed by atoms with E-state index in [2.05, 4.69) is 39.5 Å². The minimum Gasteiger partial charge on any atom is -0.512 e. The number of thioether (sulfide) groups is 1. The third kappa shape index (κ3) is 13.6. The summed E-state index contributed by atoms with van der Waals surface area (Å²) in [6.45, 7) is 11.3. The molecule has 44 heavy (non-hydrogen) atoms. The van der Waals surface area contributed by atoms with Gasteiger partial charge in [-0.1, -0.05) is 105 Å². The van der Waals surface area contributed by atoms with Gasteiger partial charge in [-0.05, 0) is 74.9 Å². The molecule has 6 atom stereocenters. The first kappa shape index (κ1) is 37.7. The van der Waals surface area contributed by atoms with Crippen molar-refractivity contribution in [3.05, 3.63) is 11.8 Å². The summed E-state index contributed by atoms with van der Waals surface area (Å²) in [6, 6.07) is 0. The van der Waals surface area contributed by atoms with Gasteiger partial charge in [0.05, 0.1) is 24.2 Å². The minimum absolute atomic E-state index is 0.0894. The molecule has 2 fully saturated rings. The smallest absolute Gasteiger partial charge is 0.334 e. The molecule has 1 aliphatic heterocycles. The summed E-state index contributed by atoms with van der Waals surface area (Å²) in [4.78, 5) is 11.5. The van der Waals surface area contributed by atoms with Crippen molar-refractivity contribution in [2.24, 2.45) is 17.3 Å². The van der Waals surface area contributed by atoms with E-state index >= 15 is 0 Å². The zero-order valence-corrected chi connectivity index (χ0v) is 29.8. The molecule has 5 nitrogen and oxygen atoms in total. The molecule has 0 aromatic heterocycles. The molecule has 256 valence electrons. The summed E-state index contributed by atoms with van der Waals surface area (Å²) in [6.07, 6.45) is 27.8. The Labute approximate surface area is 275 Å². The fourth-order valence-electron chi connectivity index (χ4n) is 7.45. The third-order valence-electron chi connectivity index (χ3n) is 11.0. The molecule has 0 aromatic rings. The van der Waals surface area contributed by atoms with Crippen LogP contribution < -0.4 is 0 Å². The maximum absolute atomic E-state index is 11.5. The van der Waals surface area contributed by atoms with Crippen molar-refractivity contribution < 1.29 is 24.1 Å². The van der Waals surface area contributed by atoms with Gasteiger partial charge < -0.3 is 19.3 Å². The first-order chi connectivity index (χ1) is 21.3. The molecule has 3 aliphatic rings. The van der Waals surface area contributed by atoms with Gasteiger partial charge in [-0.15, -0.1) is 0 Å². The van der Waals surface area contributed by atoms with Crippen LogP contribution in [-0.4, -0.2) is 53.6 Å². The van der Waals surface area contributed by atoms with Gasteiger partial charge in [0, 0.05) is 18.5 Å². The van der Waals surface area contributed by atoms with Gasteiger partial charge in [-0.25, -0.2) is 4.79 Å². The topological polar surface area (TPSA) is 65.0 Å². The maximum atomic E-state index is 11.5. The maximum Gasteiger partial charge on any atom is 0.334 e. The summed E-state index contributed by atoms with van der Waals surface area (Å²) in [5.74, 6) is 1.72. The second kappa shape index (κ2) is 21.2. The normalized spacial score (nSPS) is 27.5. The molecule has 2 aliphatic carbocycles. The number of hydrogen-bond donors (Lipinski definition) is 1. The second-order valence-electron chi connectivity index (χ2n) is 14.7. The van der Waals surface area contributed by atoms with Crippen molar-refractivity contribution in [3.8, 4) is 0 Å². The molecular formula is C38H68O5S. The van der Waals surface area contributed by atoms with Gasteiger partial charge in [0.1, 0.15) is 11.9 Å². The molecule has 0 bridgehead atoms. The Bertz CT molecular complexity index is 813. The SMILES string of the molecule is CCCCCCCCCCCCOC1CCC(C(C)(C)CC)CC1SCCCCCCOC1CCC2OC(=O)C=C(O)C2C1. The van der Waals surface area contributed by atoms with Crippen LogP contribution in [-0.2, 0) is 19.0 Å². The minimum atomic E-state index is -0.415. The van der Waals surface area contributed by atoms with Crippen LogP contribution in [0.5, 0.6) is 0 Å². The number of esters is 1. The van der Waals surface area contributed by atoms with Crippen LogP contribution in [0.15, 0.2) is 11.8 Å². The summed E-state index contributed by atoms with van der Waals surface area (Å²) in [5.41, 5.74) is 0.427. The lowest BCUT2D eigenvalue weighted by Crippen LogP contribution is -2.40. The van der Waals surface area contributed by atoms with E-state index in [0.717, 1.165) is 44.8 Å². The molecule has 1 N–H and O–H groups in total. The van der Waals surface area contributed by atoms with Crippen molar-refractivity contribution in [1.82, 2.24) is 0 Å². The van der Waals surface area contributed by atoms with E-state index in [0.29, 0.717) is 16.8 Å². The Morgan fingerprint density at radius 1 is 0.818 bits per heavy atom. The first-order valence-electron chi connectivity index (χ1n) is 18.8. The van der Waals surface area contributed by atoms with Crippen molar-refractivity contribution in [2.45, 2.75) is 186 Å². The van der Waals surface area contributed by atoms with Crippen LogP contribution >= 0.6 is 11.8 Å². The van der Waals surface area contributed by atoms with Crippen LogP contribution in [0, 0.1) is 17.3 Å². The fourth-order valence-corrected chi connectivity index (χ4v) is 8.92. The number of rotatable bonds is 23. The van der Waals surface area contributed by atoms with Crippen LogP contribution in [0.2, 0.25) is 0 Å². The molecule has 6 unspecified atom stereocenters. The quantitative estimate of drug-likeness (QED) is 0.0889. The Morgan fingerprint density at radius 2 is 1.45 bits per heavy atom. The van der Waals surface area contributed by atoms with E-state index in [1.165, 1.54) is 121 Å².